The van der Waals surface area contributed by atoms with Crippen LogP contribution in [0.1, 0.15) is 22.3 Å². The Hall–Kier alpha value is -3.46. The predicted molar refractivity (Wildman–Crippen MR) is 135 cm³/mol. The van der Waals surface area contributed by atoms with Gasteiger partial charge in [0.15, 0.2) is 5.78 Å². The predicted octanol–water partition coefficient (Wildman–Crippen LogP) is 4.36. The van der Waals surface area contributed by atoms with Crippen LogP contribution in [0.4, 0.5) is 5.82 Å². The molecule has 0 amide bonds. The Morgan fingerprint density at radius 3 is 2.77 bits per heavy atom. The molecule has 2 aromatic carbocycles. The maximum atomic E-state index is 13.5. The minimum atomic E-state index is -0.230. The molecule has 8 nitrogen and oxygen atoms in total. The van der Waals surface area contributed by atoms with E-state index in [0.29, 0.717) is 57.0 Å². The number of benzene rings is 2. The maximum Gasteiger partial charge on any atom is 0.196 e. The number of hydrogen-bond acceptors (Lipinski definition) is 7. The van der Waals surface area contributed by atoms with Crippen molar-refractivity contribution in [2.24, 2.45) is 5.92 Å². The average molecular weight is 492 g/mol. The number of aromatic amines is 1. The van der Waals surface area contributed by atoms with Crippen LogP contribution in [0.2, 0.25) is 5.02 Å². The van der Waals surface area contributed by atoms with Gasteiger partial charge in [0.05, 0.1) is 22.6 Å². The number of ether oxygens (including phenoxy) is 1. The highest BCUT2D eigenvalue weighted by Crippen LogP contribution is 2.31. The maximum absolute atomic E-state index is 13.5. The molecule has 9 heteroatoms. The van der Waals surface area contributed by atoms with E-state index in [-0.39, 0.29) is 18.4 Å². The Bertz CT molecular complexity index is 1340. The highest BCUT2D eigenvalue weighted by atomic mass is 35.5. The van der Waals surface area contributed by atoms with Gasteiger partial charge >= 0.3 is 0 Å². The van der Waals surface area contributed by atoms with E-state index in [4.69, 9.17) is 16.3 Å². The average Bonchev–Trinajstić information content (AvgIpc) is 3.46. The highest BCUT2D eigenvalue weighted by Gasteiger charge is 2.29. The first-order valence-corrected chi connectivity index (χ1v) is 11.9. The van der Waals surface area contributed by atoms with E-state index >= 15 is 0 Å². The van der Waals surface area contributed by atoms with Crippen LogP contribution < -0.4 is 10.1 Å². The number of nitrogens with zero attached hydrogens (tertiary/aromatic N) is 3. The number of fused-ring (bicyclic) bond motifs is 1. The van der Waals surface area contributed by atoms with Crippen LogP contribution in [0.25, 0.3) is 11.0 Å². The fourth-order valence-electron chi connectivity index (χ4n) is 4.59. The van der Waals surface area contributed by atoms with E-state index in [1.165, 1.54) is 6.33 Å². The SMILES string of the molecule is CN1CC(CNc2ncnc3[nH]cc(C(=O)c4ccc(Oc5ccccc5)cc4Cl)c23)CC1CO. The molecule has 35 heavy (non-hydrogen) atoms. The van der Waals surface area contributed by atoms with Crippen molar-refractivity contribution < 1.29 is 14.6 Å². The first-order valence-electron chi connectivity index (χ1n) is 11.5. The Morgan fingerprint density at radius 2 is 2.03 bits per heavy atom. The van der Waals surface area contributed by atoms with Crippen LogP contribution >= 0.6 is 11.6 Å². The number of anilines is 1. The van der Waals surface area contributed by atoms with E-state index in [1.807, 2.05) is 37.4 Å². The first-order chi connectivity index (χ1) is 17.0. The molecule has 0 aliphatic carbocycles. The number of carbonyl (C=O) groups is 1. The molecule has 5 rings (SSSR count). The summed E-state index contributed by atoms with van der Waals surface area (Å²) in [5, 5.41) is 13.9. The van der Waals surface area contributed by atoms with Gasteiger partial charge in [-0.05, 0) is 43.7 Å². The molecular formula is C26H26ClN5O3. The third kappa shape index (κ3) is 4.86. The number of para-hydroxylation sites is 1. The van der Waals surface area contributed by atoms with Crippen LogP contribution in [0.3, 0.4) is 0 Å². The molecule has 4 aromatic rings. The van der Waals surface area contributed by atoms with Gasteiger partial charge in [-0.3, -0.25) is 4.79 Å². The molecule has 180 valence electrons. The topological polar surface area (TPSA) is 103 Å². The van der Waals surface area contributed by atoms with E-state index in [2.05, 4.69) is 25.2 Å². The molecule has 1 aliphatic rings. The lowest BCUT2D eigenvalue weighted by Gasteiger charge is -2.15. The van der Waals surface area contributed by atoms with Gasteiger partial charge in [-0.15, -0.1) is 0 Å². The summed E-state index contributed by atoms with van der Waals surface area (Å²) in [6.45, 7) is 1.72. The fourth-order valence-corrected chi connectivity index (χ4v) is 4.84. The highest BCUT2D eigenvalue weighted by molar-refractivity contribution is 6.35. The third-order valence-electron chi connectivity index (χ3n) is 6.42. The number of aliphatic hydroxyl groups excluding tert-OH is 1. The molecule has 3 heterocycles. The van der Waals surface area contributed by atoms with E-state index in [1.54, 1.807) is 24.4 Å². The Morgan fingerprint density at radius 1 is 1.20 bits per heavy atom. The number of aliphatic hydroxyl groups is 1. The molecule has 2 unspecified atom stereocenters. The van der Waals surface area contributed by atoms with Crippen molar-refractivity contribution in [2.75, 3.05) is 32.1 Å². The lowest BCUT2D eigenvalue weighted by atomic mass is 10.0. The molecule has 0 radical (unpaired) electrons. The molecule has 1 fully saturated rings. The van der Waals surface area contributed by atoms with Crippen molar-refractivity contribution >= 4 is 34.2 Å². The smallest absolute Gasteiger partial charge is 0.196 e. The van der Waals surface area contributed by atoms with Crippen LogP contribution in [0.15, 0.2) is 61.1 Å². The van der Waals surface area contributed by atoms with E-state index in [0.717, 1.165) is 13.0 Å². The molecule has 0 spiro atoms. The monoisotopic (exact) mass is 491 g/mol. The summed E-state index contributed by atoms with van der Waals surface area (Å²) in [5.74, 6) is 1.96. The number of likely N-dealkylation sites (N-methyl/N-ethyl adjacent to an activating group) is 1. The van der Waals surface area contributed by atoms with Gasteiger partial charge in [0.25, 0.3) is 0 Å². The van der Waals surface area contributed by atoms with Gasteiger partial charge < -0.3 is 25.0 Å². The zero-order valence-corrected chi connectivity index (χ0v) is 20.0. The van der Waals surface area contributed by atoms with Crippen molar-refractivity contribution in [1.29, 1.82) is 0 Å². The lowest BCUT2D eigenvalue weighted by molar-refractivity contribution is 0.104. The standard InChI is InChI=1S/C26H26ClN5O3/c1-32-13-16(9-17(32)14-33)11-28-25-23-21(12-29-26(23)31-15-30-25)24(34)20-8-7-19(10-22(20)27)35-18-5-3-2-4-6-18/h2-8,10,12,15-17,33H,9,11,13-14H2,1H3,(H2,28,29,30,31). The largest absolute Gasteiger partial charge is 0.457 e. The van der Waals surface area contributed by atoms with Crippen molar-refractivity contribution in [3.8, 4) is 11.5 Å². The Kier molecular flexibility index (Phi) is 6.68. The lowest BCUT2D eigenvalue weighted by Crippen LogP contribution is -2.28. The minimum Gasteiger partial charge on any atom is -0.457 e. The van der Waals surface area contributed by atoms with E-state index < -0.39 is 0 Å². The zero-order chi connectivity index (χ0) is 24.4. The number of halogens is 1. The molecule has 0 bridgehead atoms. The third-order valence-corrected chi connectivity index (χ3v) is 6.74. The minimum absolute atomic E-state index is 0.150. The van der Waals surface area contributed by atoms with Gasteiger partial charge in [-0.25, -0.2) is 9.97 Å². The number of hydrogen-bond donors (Lipinski definition) is 3. The molecule has 1 saturated heterocycles. The normalized spacial score (nSPS) is 18.1. The quantitative estimate of drug-likeness (QED) is 0.315. The van der Waals surface area contributed by atoms with Crippen molar-refractivity contribution in [1.82, 2.24) is 19.9 Å². The summed E-state index contributed by atoms with van der Waals surface area (Å²) in [6, 6.07) is 14.6. The molecule has 0 saturated carbocycles. The van der Waals surface area contributed by atoms with Gasteiger partial charge in [-0.2, -0.15) is 0 Å². The number of aromatic nitrogens is 3. The number of nitrogens with one attached hydrogen (secondary N) is 2. The van der Waals surface area contributed by atoms with Crippen LogP contribution in [-0.4, -0.2) is 63.5 Å². The van der Waals surface area contributed by atoms with Crippen molar-refractivity contribution in [3.63, 3.8) is 0 Å². The second kappa shape index (κ2) is 10.0. The Balaban J connectivity index is 1.37. The molecule has 3 N–H and O–H groups in total. The van der Waals surface area contributed by atoms with Gasteiger partial charge in [0.1, 0.15) is 29.3 Å². The van der Waals surface area contributed by atoms with Gasteiger partial charge in [0.2, 0.25) is 0 Å². The fraction of sp³-hybridized carbons (Fsp3) is 0.269. The number of rotatable bonds is 8. The summed E-state index contributed by atoms with van der Waals surface area (Å²) in [7, 11) is 2.02. The number of likely N-dealkylation sites (tertiary alicyclic amines) is 1. The first kappa shape index (κ1) is 23.3. The van der Waals surface area contributed by atoms with Gasteiger partial charge in [-0.1, -0.05) is 29.8 Å². The summed E-state index contributed by atoms with van der Waals surface area (Å²) in [6.07, 6.45) is 4.01. The summed E-state index contributed by atoms with van der Waals surface area (Å²) in [4.78, 5) is 27.4. The number of H-pyrrole nitrogens is 1. The van der Waals surface area contributed by atoms with E-state index in [9.17, 15) is 9.90 Å². The van der Waals surface area contributed by atoms with Crippen LogP contribution in [-0.2, 0) is 0 Å². The van der Waals surface area contributed by atoms with Crippen LogP contribution in [0.5, 0.6) is 11.5 Å². The van der Waals surface area contributed by atoms with Crippen LogP contribution in [0, 0.1) is 5.92 Å². The van der Waals surface area contributed by atoms with Crippen molar-refractivity contribution in [3.05, 3.63) is 77.2 Å². The second-order valence-electron chi connectivity index (χ2n) is 8.79. The second-order valence-corrected chi connectivity index (χ2v) is 9.20. The molecule has 2 atom stereocenters. The number of carbonyl (C=O) groups excluding carboxylic acids is 1. The van der Waals surface area contributed by atoms with Gasteiger partial charge in [0, 0.05) is 37.0 Å². The van der Waals surface area contributed by atoms with Crippen molar-refractivity contribution in [2.45, 2.75) is 12.5 Å². The molecular weight excluding hydrogens is 466 g/mol. The zero-order valence-electron chi connectivity index (χ0n) is 19.2. The molecule has 1 aliphatic heterocycles. The summed E-state index contributed by atoms with van der Waals surface area (Å²) >= 11 is 6.50. The Labute approximate surface area is 207 Å². The summed E-state index contributed by atoms with van der Waals surface area (Å²) in [5.41, 5.74) is 1.38. The molecule has 2 aromatic heterocycles. The number of ketones is 1. The summed E-state index contributed by atoms with van der Waals surface area (Å²) < 4.78 is 5.83.